The molecule has 0 bridgehead atoms. The summed E-state index contributed by atoms with van der Waals surface area (Å²) in [5, 5.41) is 3.23. The minimum absolute atomic E-state index is 0.315. The molecule has 1 aromatic carbocycles. The molecule has 2 rings (SSSR count). The minimum Gasteiger partial charge on any atom is -0.495 e. The second-order valence-electron chi connectivity index (χ2n) is 3.87. The Morgan fingerprint density at radius 1 is 1.35 bits per heavy atom. The molecule has 4 N–H and O–H groups in total. The number of rotatable bonds is 4. The molecular weight excluding hydrogens is 280 g/mol. The van der Waals surface area contributed by atoms with Crippen molar-refractivity contribution in [3.63, 3.8) is 0 Å². The highest BCUT2D eigenvalue weighted by Crippen LogP contribution is 2.28. The molecule has 0 atom stereocenters. The minimum atomic E-state index is -0.315. The van der Waals surface area contributed by atoms with E-state index >= 15 is 0 Å². The average molecular weight is 293 g/mol. The third-order valence-electron chi connectivity index (χ3n) is 2.58. The van der Waals surface area contributed by atoms with Crippen molar-refractivity contribution < 1.29 is 9.53 Å². The number of anilines is 2. The number of nitrogens with two attached hydrogens (primary N) is 1. The Kier molecular flexibility index (Phi) is 4.39. The summed E-state index contributed by atoms with van der Waals surface area (Å²) < 4.78 is 5.16. The fraction of sp³-hybridized carbons (Fsp3) is 0.0769. The van der Waals surface area contributed by atoms with Gasteiger partial charge in [-0.3, -0.25) is 4.79 Å². The lowest BCUT2D eigenvalue weighted by Gasteiger charge is -2.11. The average Bonchev–Trinajstić information content (AvgIpc) is 2.47. The van der Waals surface area contributed by atoms with E-state index in [2.05, 4.69) is 15.7 Å². The number of hydrogen-bond acceptors (Lipinski definition) is 5. The number of nitrogen functional groups attached to an aromatic ring is 1. The fourth-order valence-corrected chi connectivity index (χ4v) is 1.80. The number of nitrogens with zero attached hydrogens (tertiary/aromatic N) is 1. The summed E-state index contributed by atoms with van der Waals surface area (Å²) in [5.74, 6) is 5.86. The molecule has 0 radical (unpaired) electrons. The van der Waals surface area contributed by atoms with Gasteiger partial charge in [-0.05, 0) is 30.3 Å². The quantitative estimate of drug-likeness (QED) is 0.594. The number of methoxy groups -OCH3 is 1. The highest BCUT2D eigenvalue weighted by Gasteiger charge is 2.11. The van der Waals surface area contributed by atoms with Crippen LogP contribution in [0.4, 0.5) is 11.5 Å². The van der Waals surface area contributed by atoms with E-state index in [4.69, 9.17) is 22.2 Å². The summed E-state index contributed by atoms with van der Waals surface area (Å²) >= 11 is 5.91. The van der Waals surface area contributed by atoms with Gasteiger partial charge in [0.15, 0.2) is 0 Å². The Labute approximate surface area is 120 Å². The maximum Gasteiger partial charge on any atom is 0.255 e. The number of nitrogens with one attached hydrogen (secondary N) is 2. The van der Waals surface area contributed by atoms with Crippen LogP contribution in [0.3, 0.4) is 0 Å². The van der Waals surface area contributed by atoms with Crippen LogP contribution in [0.5, 0.6) is 5.75 Å². The van der Waals surface area contributed by atoms with E-state index in [0.717, 1.165) is 0 Å². The monoisotopic (exact) mass is 292 g/mol. The van der Waals surface area contributed by atoms with Gasteiger partial charge in [0, 0.05) is 16.8 Å². The lowest BCUT2D eigenvalue weighted by molar-refractivity contribution is 0.102. The molecule has 1 heterocycles. The van der Waals surface area contributed by atoms with Crippen LogP contribution in [0.1, 0.15) is 10.4 Å². The van der Waals surface area contributed by atoms with Gasteiger partial charge in [0.2, 0.25) is 0 Å². The molecule has 0 saturated carbocycles. The van der Waals surface area contributed by atoms with Crippen molar-refractivity contribution in [2.75, 3.05) is 17.9 Å². The zero-order chi connectivity index (χ0) is 14.5. The van der Waals surface area contributed by atoms with E-state index in [1.165, 1.54) is 19.4 Å². The highest BCUT2D eigenvalue weighted by molar-refractivity contribution is 6.31. The standard InChI is InChI=1S/C13H13ClN4O2/c1-20-11-3-2-9(14)7-10(11)17-13(19)8-4-5-16-12(6-8)18-15/h2-7H,15H2,1H3,(H,16,18)(H,17,19). The molecule has 0 saturated heterocycles. The second kappa shape index (κ2) is 6.23. The second-order valence-corrected chi connectivity index (χ2v) is 4.31. The van der Waals surface area contributed by atoms with Gasteiger partial charge in [-0.25, -0.2) is 10.8 Å². The predicted molar refractivity (Wildman–Crippen MR) is 78.0 cm³/mol. The zero-order valence-electron chi connectivity index (χ0n) is 10.7. The van der Waals surface area contributed by atoms with Crippen LogP contribution in [0, 0.1) is 0 Å². The normalized spacial score (nSPS) is 9.95. The van der Waals surface area contributed by atoms with Crippen LogP contribution >= 0.6 is 11.6 Å². The van der Waals surface area contributed by atoms with Gasteiger partial charge in [0.25, 0.3) is 5.91 Å². The van der Waals surface area contributed by atoms with Gasteiger partial charge in [-0.15, -0.1) is 0 Å². The van der Waals surface area contributed by atoms with Gasteiger partial charge in [0.05, 0.1) is 12.8 Å². The molecule has 0 aliphatic carbocycles. The number of amides is 1. The zero-order valence-corrected chi connectivity index (χ0v) is 11.4. The lowest BCUT2D eigenvalue weighted by atomic mass is 10.2. The smallest absolute Gasteiger partial charge is 0.255 e. The number of halogens is 1. The van der Waals surface area contributed by atoms with Crippen LogP contribution in [0.2, 0.25) is 5.02 Å². The number of aromatic nitrogens is 1. The third-order valence-corrected chi connectivity index (χ3v) is 2.81. The molecule has 6 nitrogen and oxygen atoms in total. The number of ether oxygens (including phenoxy) is 1. The van der Waals surface area contributed by atoms with E-state index in [9.17, 15) is 4.79 Å². The van der Waals surface area contributed by atoms with Crippen molar-refractivity contribution in [3.8, 4) is 5.75 Å². The van der Waals surface area contributed by atoms with E-state index in [1.54, 1.807) is 24.3 Å². The van der Waals surface area contributed by atoms with Crippen LogP contribution in [0.25, 0.3) is 0 Å². The van der Waals surface area contributed by atoms with E-state index in [1.807, 2.05) is 0 Å². The van der Waals surface area contributed by atoms with Crippen LogP contribution < -0.4 is 21.3 Å². The molecule has 2 aromatic rings. The van der Waals surface area contributed by atoms with Gasteiger partial charge in [-0.2, -0.15) is 0 Å². The van der Waals surface area contributed by atoms with E-state index in [-0.39, 0.29) is 5.91 Å². The van der Waals surface area contributed by atoms with Crippen molar-refractivity contribution in [1.82, 2.24) is 4.98 Å². The van der Waals surface area contributed by atoms with E-state index < -0.39 is 0 Å². The molecule has 0 aliphatic rings. The summed E-state index contributed by atoms with van der Waals surface area (Å²) in [6.45, 7) is 0. The summed E-state index contributed by atoms with van der Waals surface area (Å²) in [4.78, 5) is 16.1. The summed E-state index contributed by atoms with van der Waals surface area (Å²) in [6.07, 6.45) is 1.49. The Morgan fingerprint density at radius 2 is 2.15 bits per heavy atom. The molecule has 0 unspecified atom stereocenters. The molecular formula is C13H13ClN4O2. The fourth-order valence-electron chi connectivity index (χ4n) is 1.62. The molecule has 0 spiro atoms. The molecule has 7 heteroatoms. The van der Waals surface area contributed by atoms with Crippen LogP contribution in [0.15, 0.2) is 36.5 Å². The number of pyridine rings is 1. The number of carbonyl (C=O) groups excluding carboxylic acids is 1. The lowest BCUT2D eigenvalue weighted by Crippen LogP contribution is -2.14. The van der Waals surface area contributed by atoms with Gasteiger partial charge < -0.3 is 15.5 Å². The van der Waals surface area contributed by atoms with Gasteiger partial charge in [0.1, 0.15) is 11.6 Å². The Hall–Kier alpha value is -2.31. The molecule has 1 amide bonds. The Bertz CT molecular complexity index is 634. The maximum atomic E-state index is 12.2. The molecule has 0 fully saturated rings. The predicted octanol–water partition coefficient (Wildman–Crippen LogP) is 2.28. The van der Waals surface area contributed by atoms with E-state index in [0.29, 0.717) is 27.8 Å². The number of hydrogen-bond donors (Lipinski definition) is 3. The summed E-state index contributed by atoms with van der Waals surface area (Å²) in [7, 11) is 1.52. The summed E-state index contributed by atoms with van der Waals surface area (Å²) in [6, 6.07) is 8.08. The first-order valence-corrected chi connectivity index (χ1v) is 6.09. The topological polar surface area (TPSA) is 89.3 Å². The van der Waals surface area contributed by atoms with Crippen molar-refractivity contribution in [2.24, 2.45) is 5.84 Å². The van der Waals surface area contributed by atoms with Crippen LogP contribution in [-0.4, -0.2) is 18.0 Å². The molecule has 20 heavy (non-hydrogen) atoms. The van der Waals surface area contributed by atoms with Crippen molar-refractivity contribution in [3.05, 3.63) is 47.1 Å². The van der Waals surface area contributed by atoms with Crippen molar-refractivity contribution in [2.45, 2.75) is 0 Å². The molecule has 104 valence electrons. The molecule has 0 aliphatic heterocycles. The first-order valence-electron chi connectivity index (χ1n) is 5.71. The maximum absolute atomic E-state index is 12.2. The highest BCUT2D eigenvalue weighted by atomic mass is 35.5. The SMILES string of the molecule is COc1ccc(Cl)cc1NC(=O)c1ccnc(NN)c1. The summed E-state index contributed by atoms with van der Waals surface area (Å²) in [5.41, 5.74) is 3.28. The van der Waals surface area contributed by atoms with Crippen molar-refractivity contribution >= 4 is 29.0 Å². The van der Waals surface area contributed by atoms with Crippen molar-refractivity contribution in [1.29, 1.82) is 0 Å². The molecule has 1 aromatic heterocycles. The third kappa shape index (κ3) is 3.17. The number of benzene rings is 1. The van der Waals surface area contributed by atoms with Gasteiger partial charge in [-0.1, -0.05) is 11.6 Å². The number of carbonyl (C=O) groups is 1. The number of hydrazine groups is 1. The Balaban J connectivity index is 2.25. The first kappa shape index (κ1) is 14.1. The Morgan fingerprint density at radius 3 is 2.85 bits per heavy atom. The largest absolute Gasteiger partial charge is 0.495 e. The first-order chi connectivity index (χ1) is 9.63. The van der Waals surface area contributed by atoms with Crippen LogP contribution in [-0.2, 0) is 0 Å². The van der Waals surface area contributed by atoms with Gasteiger partial charge >= 0.3 is 0 Å².